The molecule has 0 bridgehead atoms. The van der Waals surface area contributed by atoms with E-state index < -0.39 is 24.3 Å². The molecule has 0 aromatic heterocycles. The van der Waals surface area contributed by atoms with Gasteiger partial charge in [-0.1, -0.05) is 0 Å². The lowest BCUT2D eigenvalue weighted by molar-refractivity contribution is -0.146. The second kappa shape index (κ2) is 9.42. The monoisotopic (exact) mass is 377 g/mol. The predicted octanol–water partition coefficient (Wildman–Crippen LogP) is 2.58. The lowest BCUT2D eigenvalue weighted by Crippen LogP contribution is -2.21. The summed E-state index contributed by atoms with van der Waals surface area (Å²) in [7, 11) is 4.42. The van der Waals surface area contributed by atoms with Crippen LogP contribution in [0.15, 0.2) is 36.4 Å². The molecule has 2 rings (SSSR count). The van der Waals surface area contributed by atoms with Gasteiger partial charge < -0.3 is 24.3 Å². The van der Waals surface area contributed by atoms with Crippen molar-refractivity contribution in [3.8, 4) is 17.2 Å². The van der Waals surface area contributed by atoms with E-state index in [0.29, 0.717) is 28.5 Å². The van der Waals surface area contributed by atoms with E-state index in [9.17, 15) is 14.0 Å². The van der Waals surface area contributed by atoms with Gasteiger partial charge in [-0.15, -0.1) is 0 Å². The Labute approximate surface area is 156 Å². The molecule has 0 unspecified atom stereocenters. The molecular formula is C19H20FNO6. The Morgan fingerprint density at radius 3 is 2.07 bits per heavy atom. The summed E-state index contributed by atoms with van der Waals surface area (Å²) >= 11 is 0. The van der Waals surface area contributed by atoms with Crippen molar-refractivity contribution >= 4 is 17.6 Å². The fraction of sp³-hybridized carbons (Fsp3) is 0.263. The number of hydrogen-bond acceptors (Lipinski definition) is 6. The minimum Gasteiger partial charge on any atom is -0.493 e. The maximum Gasteiger partial charge on any atom is 0.310 e. The molecule has 0 heterocycles. The number of nitrogens with one attached hydrogen (secondary N) is 1. The van der Waals surface area contributed by atoms with Crippen LogP contribution in [-0.4, -0.2) is 39.8 Å². The van der Waals surface area contributed by atoms with E-state index in [1.54, 1.807) is 12.1 Å². The molecule has 1 amide bonds. The minimum absolute atomic E-state index is 0.0828. The largest absolute Gasteiger partial charge is 0.493 e. The van der Waals surface area contributed by atoms with Gasteiger partial charge in [0.2, 0.25) is 5.75 Å². The van der Waals surface area contributed by atoms with Crippen LogP contribution in [0.4, 0.5) is 10.1 Å². The van der Waals surface area contributed by atoms with Crippen LogP contribution in [0.3, 0.4) is 0 Å². The number of anilines is 1. The summed E-state index contributed by atoms with van der Waals surface area (Å²) in [6.45, 7) is -0.458. The van der Waals surface area contributed by atoms with Gasteiger partial charge in [0.05, 0.1) is 27.8 Å². The second-order valence-corrected chi connectivity index (χ2v) is 5.43. The molecule has 0 fully saturated rings. The first-order chi connectivity index (χ1) is 13.0. The maximum atomic E-state index is 12.8. The van der Waals surface area contributed by atoms with E-state index in [1.165, 1.54) is 45.6 Å². The first kappa shape index (κ1) is 20.0. The fourth-order valence-corrected chi connectivity index (χ4v) is 2.33. The number of ether oxygens (including phenoxy) is 4. The topological polar surface area (TPSA) is 83.1 Å². The van der Waals surface area contributed by atoms with Crippen molar-refractivity contribution in [2.24, 2.45) is 0 Å². The van der Waals surface area contributed by atoms with Crippen molar-refractivity contribution in [1.82, 2.24) is 0 Å². The van der Waals surface area contributed by atoms with Crippen LogP contribution in [0.5, 0.6) is 17.2 Å². The summed E-state index contributed by atoms with van der Waals surface area (Å²) in [5.74, 6) is -0.304. The van der Waals surface area contributed by atoms with Crippen LogP contribution in [0.1, 0.15) is 5.56 Å². The normalized spacial score (nSPS) is 10.1. The van der Waals surface area contributed by atoms with Gasteiger partial charge in [0.1, 0.15) is 5.82 Å². The van der Waals surface area contributed by atoms with E-state index in [-0.39, 0.29) is 6.42 Å². The van der Waals surface area contributed by atoms with Crippen LogP contribution in [0.25, 0.3) is 0 Å². The van der Waals surface area contributed by atoms with Crippen LogP contribution in [0, 0.1) is 5.82 Å². The Kier molecular flexibility index (Phi) is 6.99. The van der Waals surface area contributed by atoms with Gasteiger partial charge in [-0.05, 0) is 42.0 Å². The molecule has 0 radical (unpaired) electrons. The van der Waals surface area contributed by atoms with Crippen LogP contribution in [0.2, 0.25) is 0 Å². The first-order valence-electron chi connectivity index (χ1n) is 7.96. The maximum absolute atomic E-state index is 12.8. The molecule has 8 heteroatoms. The molecule has 0 aliphatic rings. The third-order valence-corrected chi connectivity index (χ3v) is 3.57. The summed E-state index contributed by atoms with van der Waals surface area (Å²) in [5.41, 5.74) is 0.982. The number of carbonyl (C=O) groups is 2. The average molecular weight is 377 g/mol. The molecule has 0 saturated heterocycles. The number of rotatable bonds is 8. The molecule has 0 atom stereocenters. The molecule has 7 nitrogen and oxygen atoms in total. The van der Waals surface area contributed by atoms with Crippen molar-refractivity contribution in [2.45, 2.75) is 6.42 Å². The summed E-state index contributed by atoms with van der Waals surface area (Å²) < 4.78 is 33.5. The number of methoxy groups -OCH3 is 3. The Morgan fingerprint density at radius 2 is 1.56 bits per heavy atom. The van der Waals surface area contributed by atoms with E-state index in [4.69, 9.17) is 18.9 Å². The van der Waals surface area contributed by atoms with Gasteiger partial charge in [-0.3, -0.25) is 9.59 Å². The summed E-state index contributed by atoms with van der Waals surface area (Å²) in [6, 6.07) is 8.50. The molecule has 0 spiro atoms. The van der Waals surface area contributed by atoms with Crippen molar-refractivity contribution in [3.63, 3.8) is 0 Å². The number of halogens is 1. The molecule has 0 aliphatic carbocycles. The third kappa shape index (κ3) is 5.60. The average Bonchev–Trinajstić information content (AvgIpc) is 2.67. The number of amides is 1. The molecule has 144 valence electrons. The molecule has 2 aromatic rings. The van der Waals surface area contributed by atoms with Crippen LogP contribution < -0.4 is 19.5 Å². The molecule has 27 heavy (non-hydrogen) atoms. The molecule has 0 aliphatic heterocycles. The minimum atomic E-state index is -0.599. The summed E-state index contributed by atoms with van der Waals surface area (Å²) in [5, 5.41) is 2.50. The first-order valence-corrected chi connectivity index (χ1v) is 7.96. The predicted molar refractivity (Wildman–Crippen MR) is 95.8 cm³/mol. The van der Waals surface area contributed by atoms with Gasteiger partial charge in [-0.25, -0.2) is 4.39 Å². The molecule has 0 saturated carbocycles. The van der Waals surface area contributed by atoms with Gasteiger partial charge in [0, 0.05) is 5.69 Å². The zero-order valence-electron chi connectivity index (χ0n) is 15.2. The Hall–Kier alpha value is -3.29. The van der Waals surface area contributed by atoms with Crippen LogP contribution in [-0.2, 0) is 20.7 Å². The Balaban J connectivity index is 1.93. The lowest BCUT2D eigenvalue weighted by atomic mass is 10.1. The highest BCUT2D eigenvalue weighted by Crippen LogP contribution is 2.38. The van der Waals surface area contributed by atoms with E-state index >= 15 is 0 Å². The third-order valence-electron chi connectivity index (χ3n) is 3.57. The van der Waals surface area contributed by atoms with E-state index in [0.717, 1.165) is 0 Å². The molecular weight excluding hydrogens is 357 g/mol. The van der Waals surface area contributed by atoms with Crippen molar-refractivity contribution in [2.75, 3.05) is 33.3 Å². The van der Waals surface area contributed by atoms with Crippen LogP contribution >= 0.6 is 0 Å². The van der Waals surface area contributed by atoms with E-state index in [2.05, 4.69) is 5.32 Å². The zero-order valence-corrected chi connectivity index (χ0v) is 15.2. The number of esters is 1. The Bertz CT molecular complexity index is 781. The smallest absolute Gasteiger partial charge is 0.310 e. The van der Waals surface area contributed by atoms with Gasteiger partial charge in [0.25, 0.3) is 5.91 Å². The fourth-order valence-electron chi connectivity index (χ4n) is 2.33. The van der Waals surface area contributed by atoms with Gasteiger partial charge in [-0.2, -0.15) is 0 Å². The highest BCUT2D eigenvalue weighted by atomic mass is 19.1. The van der Waals surface area contributed by atoms with Crippen molar-refractivity contribution < 1.29 is 32.9 Å². The highest BCUT2D eigenvalue weighted by Gasteiger charge is 2.16. The van der Waals surface area contributed by atoms with E-state index in [1.807, 2.05) is 0 Å². The summed E-state index contributed by atoms with van der Waals surface area (Å²) in [4.78, 5) is 23.8. The SMILES string of the molecule is COc1cc(CC(=O)OCC(=O)Nc2ccc(F)cc2)cc(OC)c1OC. The Morgan fingerprint density at radius 1 is 0.963 bits per heavy atom. The lowest BCUT2D eigenvalue weighted by Gasteiger charge is -2.14. The van der Waals surface area contributed by atoms with Gasteiger partial charge in [0.15, 0.2) is 18.1 Å². The second-order valence-electron chi connectivity index (χ2n) is 5.43. The zero-order chi connectivity index (χ0) is 19.8. The highest BCUT2D eigenvalue weighted by molar-refractivity contribution is 5.92. The number of hydrogen-bond donors (Lipinski definition) is 1. The summed E-state index contributed by atoms with van der Waals surface area (Å²) in [6.07, 6.45) is -0.0828. The number of benzene rings is 2. The standard InChI is InChI=1S/C19H20FNO6/c1-24-15-8-12(9-16(25-2)19(15)26-3)10-18(23)27-11-17(22)21-14-6-4-13(20)5-7-14/h4-9H,10-11H2,1-3H3,(H,21,22). The van der Waals surface area contributed by atoms with Crippen molar-refractivity contribution in [1.29, 1.82) is 0 Å². The molecule has 1 N–H and O–H groups in total. The number of carbonyl (C=O) groups excluding carboxylic acids is 2. The van der Waals surface area contributed by atoms with Gasteiger partial charge >= 0.3 is 5.97 Å². The molecule has 2 aromatic carbocycles. The quantitative estimate of drug-likeness (QED) is 0.712. The van der Waals surface area contributed by atoms with Crippen molar-refractivity contribution in [3.05, 3.63) is 47.8 Å².